The van der Waals surface area contributed by atoms with Crippen molar-refractivity contribution < 1.29 is 22.7 Å². The molecule has 2 heterocycles. The summed E-state index contributed by atoms with van der Waals surface area (Å²) in [7, 11) is -3.93. The molecular weight excluding hydrogens is 526 g/mol. The fourth-order valence-electron chi connectivity index (χ4n) is 4.96. The highest BCUT2D eigenvalue weighted by molar-refractivity contribution is 7.92. The van der Waals surface area contributed by atoms with Crippen molar-refractivity contribution in [2.75, 3.05) is 37.2 Å². The van der Waals surface area contributed by atoms with Crippen LogP contribution in [0.2, 0.25) is 0 Å². The molecule has 0 bridgehead atoms. The number of fused-ring (bicyclic) bond motifs is 1. The van der Waals surface area contributed by atoms with Crippen molar-refractivity contribution >= 4 is 21.6 Å². The minimum Gasteiger partial charge on any atom is -0.476 e. The van der Waals surface area contributed by atoms with E-state index >= 15 is 0 Å². The summed E-state index contributed by atoms with van der Waals surface area (Å²) in [6.07, 6.45) is -0.997. The summed E-state index contributed by atoms with van der Waals surface area (Å²) in [5.74, 6) is 0.00352. The third-order valence-electron chi connectivity index (χ3n) is 7.29. The topological polar surface area (TPSA) is 88.2 Å². The first-order chi connectivity index (χ1) is 19.1. The Balaban J connectivity index is 1.35. The van der Waals surface area contributed by atoms with Gasteiger partial charge < -0.3 is 14.8 Å². The third kappa shape index (κ3) is 6.32. The van der Waals surface area contributed by atoms with Crippen LogP contribution >= 0.6 is 0 Å². The second-order valence-corrected chi connectivity index (χ2v) is 13.2. The number of anilines is 1. The number of hydrogen-bond acceptors (Lipinski definition) is 6. The Labute approximate surface area is 236 Å². The number of ether oxygens (including phenoxy) is 2. The van der Waals surface area contributed by atoms with Crippen LogP contribution in [-0.4, -0.2) is 58.2 Å². The van der Waals surface area contributed by atoms with E-state index in [-0.39, 0.29) is 22.8 Å². The van der Waals surface area contributed by atoms with Gasteiger partial charge in [-0.1, -0.05) is 69.3 Å². The van der Waals surface area contributed by atoms with Crippen LogP contribution in [0.4, 0.5) is 5.69 Å². The molecule has 212 valence electrons. The molecule has 0 spiro atoms. The van der Waals surface area contributed by atoms with Gasteiger partial charge in [0.1, 0.15) is 5.75 Å². The zero-order valence-corrected chi connectivity index (χ0v) is 24.1. The van der Waals surface area contributed by atoms with Gasteiger partial charge in [0.15, 0.2) is 6.10 Å². The van der Waals surface area contributed by atoms with Gasteiger partial charge in [-0.2, -0.15) is 0 Å². The van der Waals surface area contributed by atoms with E-state index in [1.165, 1.54) is 9.87 Å². The van der Waals surface area contributed by atoms with Crippen molar-refractivity contribution in [1.29, 1.82) is 0 Å². The van der Waals surface area contributed by atoms with Gasteiger partial charge in [0.05, 0.1) is 30.3 Å². The lowest BCUT2D eigenvalue weighted by molar-refractivity contribution is -0.127. The Hall–Kier alpha value is -3.40. The molecule has 1 amide bonds. The van der Waals surface area contributed by atoms with Gasteiger partial charge >= 0.3 is 0 Å². The van der Waals surface area contributed by atoms with Crippen molar-refractivity contribution in [3.63, 3.8) is 0 Å². The van der Waals surface area contributed by atoms with Gasteiger partial charge in [0, 0.05) is 26.2 Å². The van der Waals surface area contributed by atoms with E-state index in [9.17, 15) is 13.2 Å². The summed E-state index contributed by atoms with van der Waals surface area (Å²) < 4.78 is 40.4. The smallest absolute Gasteiger partial charge is 0.264 e. The highest BCUT2D eigenvalue weighted by Crippen LogP contribution is 2.40. The number of nitrogens with one attached hydrogen (secondary N) is 1. The average molecular weight is 564 g/mol. The number of hydrogen-bond donors (Lipinski definition) is 1. The summed E-state index contributed by atoms with van der Waals surface area (Å²) in [4.78, 5) is 15.9. The molecule has 1 fully saturated rings. The molecule has 3 aromatic carbocycles. The standard InChI is InChI=1S/C31H37N3O5S/c1-31(2,3)25-12-13-28-27(19-25)34(40(36,37)26-10-5-4-6-11-26)22-29(39-28)30(35)32-20-23-8-7-9-24(18-23)21-33-14-16-38-17-15-33/h4-13,18-19,29H,14-17,20-22H2,1-3H3,(H,32,35). The number of sulfonamides is 1. The molecule has 0 saturated carbocycles. The second kappa shape index (κ2) is 11.6. The van der Waals surface area contributed by atoms with Crippen LogP contribution in [0, 0.1) is 0 Å². The number of nitrogens with zero attached hydrogens (tertiary/aromatic N) is 2. The predicted octanol–water partition coefficient (Wildman–Crippen LogP) is 4.09. The molecule has 8 nitrogen and oxygen atoms in total. The molecule has 9 heteroatoms. The predicted molar refractivity (Wildman–Crippen MR) is 155 cm³/mol. The highest BCUT2D eigenvalue weighted by Gasteiger charge is 2.38. The van der Waals surface area contributed by atoms with Gasteiger partial charge in [-0.05, 0) is 46.4 Å². The van der Waals surface area contributed by atoms with Gasteiger partial charge in [-0.3, -0.25) is 14.0 Å². The van der Waals surface area contributed by atoms with E-state index < -0.39 is 16.1 Å². The summed E-state index contributed by atoms with van der Waals surface area (Å²) >= 11 is 0. The molecule has 40 heavy (non-hydrogen) atoms. The van der Waals surface area contributed by atoms with E-state index in [1.807, 2.05) is 24.3 Å². The summed E-state index contributed by atoms with van der Waals surface area (Å²) in [5, 5.41) is 2.96. The van der Waals surface area contributed by atoms with Crippen LogP contribution in [-0.2, 0) is 38.1 Å². The highest BCUT2D eigenvalue weighted by atomic mass is 32.2. The number of morpholine rings is 1. The first-order valence-electron chi connectivity index (χ1n) is 13.7. The van der Waals surface area contributed by atoms with E-state index in [0.717, 1.165) is 44.0 Å². The average Bonchev–Trinajstić information content (AvgIpc) is 2.95. The minimum absolute atomic E-state index is 0.124. The Morgan fingerprint density at radius 1 is 0.950 bits per heavy atom. The summed E-state index contributed by atoms with van der Waals surface area (Å²) in [6, 6.07) is 22.0. The van der Waals surface area contributed by atoms with Gasteiger partial charge in [0.25, 0.3) is 15.9 Å². The SMILES string of the molecule is CC(C)(C)c1ccc2c(c1)N(S(=O)(=O)c1ccccc1)CC(C(=O)NCc1cccc(CN3CCOCC3)c1)O2. The first-order valence-corrected chi connectivity index (χ1v) is 15.1. The molecule has 1 unspecified atom stereocenters. The fraction of sp³-hybridized carbons (Fsp3) is 0.387. The quantitative estimate of drug-likeness (QED) is 0.466. The fourth-order valence-corrected chi connectivity index (χ4v) is 6.45. The Kier molecular flexibility index (Phi) is 8.16. The maximum Gasteiger partial charge on any atom is 0.264 e. The van der Waals surface area contributed by atoms with E-state index in [2.05, 4.69) is 43.1 Å². The van der Waals surface area contributed by atoms with Crippen LogP contribution < -0.4 is 14.4 Å². The number of carbonyl (C=O) groups is 1. The molecule has 1 atom stereocenters. The normalized spacial score (nSPS) is 18.1. The van der Waals surface area contributed by atoms with Crippen LogP contribution in [0.3, 0.4) is 0 Å². The molecule has 1 saturated heterocycles. The van der Waals surface area contributed by atoms with Gasteiger partial charge in [0.2, 0.25) is 0 Å². The zero-order valence-electron chi connectivity index (χ0n) is 23.3. The number of rotatable bonds is 7. The monoisotopic (exact) mass is 563 g/mol. The number of amides is 1. The second-order valence-electron chi connectivity index (χ2n) is 11.3. The Morgan fingerprint density at radius 2 is 1.68 bits per heavy atom. The van der Waals surface area contributed by atoms with E-state index in [1.54, 1.807) is 36.4 Å². The van der Waals surface area contributed by atoms with Crippen LogP contribution in [0.25, 0.3) is 0 Å². The molecule has 0 radical (unpaired) electrons. The molecular formula is C31H37N3O5S. The summed E-state index contributed by atoms with van der Waals surface area (Å²) in [6.45, 7) is 10.5. The van der Waals surface area contributed by atoms with Crippen LogP contribution in [0.5, 0.6) is 5.75 Å². The molecule has 0 aromatic heterocycles. The van der Waals surface area contributed by atoms with E-state index in [4.69, 9.17) is 9.47 Å². The zero-order chi connectivity index (χ0) is 28.3. The van der Waals surface area contributed by atoms with Crippen molar-refractivity contribution in [3.05, 3.63) is 89.5 Å². The Morgan fingerprint density at radius 3 is 2.40 bits per heavy atom. The maximum atomic E-state index is 13.8. The van der Waals surface area contributed by atoms with Crippen LogP contribution in [0.1, 0.15) is 37.5 Å². The maximum absolute atomic E-state index is 13.8. The molecule has 0 aliphatic carbocycles. The minimum atomic E-state index is -3.93. The van der Waals surface area contributed by atoms with Gasteiger partial charge in [-0.25, -0.2) is 8.42 Å². The number of benzene rings is 3. The lowest BCUT2D eigenvalue weighted by Crippen LogP contribution is -2.50. The van der Waals surface area contributed by atoms with Gasteiger partial charge in [-0.15, -0.1) is 0 Å². The first kappa shape index (κ1) is 28.1. The van der Waals surface area contributed by atoms with Crippen molar-refractivity contribution in [3.8, 4) is 5.75 Å². The van der Waals surface area contributed by atoms with Crippen molar-refractivity contribution in [1.82, 2.24) is 10.2 Å². The molecule has 3 aromatic rings. The third-order valence-corrected chi connectivity index (χ3v) is 9.08. The molecule has 2 aliphatic heterocycles. The lowest BCUT2D eigenvalue weighted by atomic mass is 9.86. The van der Waals surface area contributed by atoms with Crippen molar-refractivity contribution in [2.24, 2.45) is 0 Å². The number of carbonyl (C=O) groups excluding carboxylic acids is 1. The molecule has 2 aliphatic rings. The molecule has 5 rings (SSSR count). The Bertz CT molecular complexity index is 1450. The summed E-state index contributed by atoms with van der Waals surface area (Å²) in [5.41, 5.74) is 3.37. The largest absolute Gasteiger partial charge is 0.476 e. The van der Waals surface area contributed by atoms with Crippen LogP contribution in [0.15, 0.2) is 77.7 Å². The molecule has 1 N–H and O–H groups in total. The lowest BCUT2D eigenvalue weighted by Gasteiger charge is -2.36. The van der Waals surface area contributed by atoms with E-state index in [0.29, 0.717) is 18.0 Å². The van der Waals surface area contributed by atoms with Crippen molar-refractivity contribution in [2.45, 2.75) is 50.3 Å².